The number of hydrogen-bond donors (Lipinski definition) is 2. The maximum absolute atomic E-state index is 12.9. The molecule has 1 amide bonds. The van der Waals surface area contributed by atoms with Gasteiger partial charge >= 0.3 is 0 Å². The molecule has 0 bridgehead atoms. The van der Waals surface area contributed by atoms with E-state index in [9.17, 15) is 4.79 Å². The molecule has 1 saturated carbocycles. The van der Waals surface area contributed by atoms with Crippen molar-refractivity contribution in [3.05, 3.63) is 42.0 Å². The third-order valence-electron chi connectivity index (χ3n) is 4.30. The van der Waals surface area contributed by atoms with Crippen molar-refractivity contribution < 1.29 is 9.53 Å². The Balaban J connectivity index is 1.57. The van der Waals surface area contributed by atoms with E-state index in [0.717, 1.165) is 28.4 Å². The minimum atomic E-state index is -0.241. The molecule has 6 nitrogen and oxygen atoms in total. The van der Waals surface area contributed by atoms with Crippen LogP contribution >= 0.6 is 11.3 Å². The van der Waals surface area contributed by atoms with Gasteiger partial charge < -0.3 is 10.1 Å². The summed E-state index contributed by atoms with van der Waals surface area (Å²) in [5.74, 6) is 1.08. The van der Waals surface area contributed by atoms with Crippen LogP contribution in [0, 0.1) is 5.92 Å². The number of nitrogens with one attached hydrogen (secondary N) is 2. The van der Waals surface area contributed by atoms with Crippen molar-refractivity contribution in [1.82, 2.24) is 10.2 Å². The number of carbonyl (C=O) groups is 1. The van der Waals surface area contributed by atoms with Gasteiger partial charge in [0.2, 0.25) is 10.3 Å². The Hall–Kier alpha value is -2.67. The zero-order chi connectivity index (χ0) is 17.9. The van der Waals surface area contributed by atoms with Gasteiger partial charge in [0.15, 0.2) is 0 Å². The molecule has 1 aliphatic carbocycles. The zero-order valence-electron chi connectivity index (χ0n) is 14.5. The van der Waals surface area contributed by atoms with Gasteiger partial charge in [-0.3, -0.25) is 10.1 Å². The second kappa shape index (κ2) is 7.29. The Morgan fingerprint density at radius 3 is 2.81 bits per heavy atom. The van der Waals surface area contributed by atoms with Crippen molar-refractivity contribution in [3.8, 4) is 5.75 Å². The highest BCUT2D eigenvalue weighted by Gasteiger charge is 2.22. The topological polar surface area (TPSA) is 76.1 Å². The minimum absolute atomic E-state index is 0.241. The smallest absolute Gasteiger partial charge is 0.261 e. The second-order valence-electron chi connectivity index (χ2n) is 6.28. The monoisotopic (exact) mass is 368 g/mol. The zero-order valence-corrected chi connectivity index (χ0v) is 15.3. The van der Waals surface area contributed by atoms with E-state index in [4.69, 9.17) is 4.74 Å². The molecule has 0 unspecified atom stereocenters. The van der Waals surface area contributed by atoms with Crippen molar-refractivity contribution in [3.63, 3.8) is 0 Å². The minimum Gasteiger partial charge on any atom is -0.493 e. The van der Waals surface area contributed by atoms with Crippen molar-refractivity contribution in [2.75, 3.05) is 23.8 Å². The van der Waals surface area contributed by atoms with Gasteiger partial charge in [0.25, 0.3) is 5.91 Å². The van der Waals surface area contributed by atoms with E-state index in [0.29, 0.717) is 23.1 Å². The first-order valence-electron chi connectivity index (χ1n) is 8.78. The summed E-state index contributed by atoms with van der Waals surface area (Å²) in [5, 5.41) is 17.3. The lowest BCUT2D eigenvalue weighted by atomic mass is 10.0. The van der Waals surface area contributed by atoms with Crippen LogP contribution in [-0.2, 0) is 0 Å². The fourth-order valence-corrected chi connectivity index (χ4v) is 3.47. The summed E-state index contributed by atoms with van der Waals surface area (Å²) in [5.41, 5.74) is 0.521. The van der Waals surface area contributed by atoms with E-state index in [-0.39, 0.29) is 5.91 Å². The maximum atomic E-state index is 12.9. The molecule has 0 radical (unpaired) electrons. The number of ether oxygens (including phenoxy) is 1. The van der Waals surface area contributed by atoms with Crippen LogP contribution in [0.3, 0.4) is 0 Å². The number of nitrogens with zero attached hydrogens (tertiary/aromatic N) is 2. The van der Waals surface area contributed by atoms with Crippen LogP contribution in [0.5, 0.6) is 5.75 Å². The van der Waals surface area contributed by atoms with Crippen LogP contribution in [-0.4, -0.2) is 29.3 Å². The predicted molar refractivity (Wildman–Crippen MR) is 104 cm³/mol. The molecule has 1 aromatic heterocycles. The largest absolute Gasteiger partial charge is 0.493 e. The quantitative estimate of drug-likeness (QED) is 0.655. The Morgan fingerprint density at radius 2 is 2.00 bits per heavy atom. The molecular weight excluding hydrogens is 348 g/mol. The van der Waals surface area contributed by atoms with Crippen molar-refractivity contribution in [1.29, 1.82) is 0 Å². The van der Waals surface area contributed by atoms with Gasteiger partial charge in [-0.25, -0.2) is 0 Å². The third kappa shape index (κ3) is 3.62. The third-order valence-corrected chi connectivity index (χ3v) is 5.10. The molecule has 4 rings (SSSR count). The first kappa shape index (κ1) is 16.8. The van der Waals surface area contributed by atoms with Crippen LogP contribution in [0.4, 0.5) is 10.3 Å². The lowest BCUT2D eigenvalue weighted by Crippen LogP contribution is -2.14. The van der Waals surface area contributed by atoms with Crippen molar-refractivity contribution in [2.24, 2.45) is 5.92 Å². The highest BCUT2D eigenvalue weighted by Crippen LogP contribution is 2.31. The SMILES string of the molecule is CCOc1ccc2ccccc2c1C(=O)Nc1nnc(NCC2CC2)s1. The Kier molecular flexibility index (Phi) is 4.71. The summed E-state index contributed by atoms with van der Waals surface area (Å²) < 4.78 is 5.68. The van der Waals surface area contributed by atoms with Crippen LogP contribution in [0.15, 0.2) is 36.4 Å². The number of carbonyl (C=O) groups excluding carboxylic acids is 1. The molecule has 2 N–H and O–H groups in total. The number of fused-ring (bicyclic) bond motifs is 1. The number of aromatic nitrogens is 2. The van der Waals surface area contributed by atoms with Gasteiger partial charge in [-0.2, -0.15) is 0 Å². The molecule has 0 saturated heterocycles. The Labute approximate surface area is 155 Å². The summed E-state index contributed by atoms with van der Waals surface area (Å²) in [6.07, 6.45) is 2.55. The number of hydrogen-bond acceptors (Lipinski definition) is 6. The molecule has 1 aliphatic rings. The molecule has 1 fully saturated rings. The van der Waals surface area contributed by atoms with Gasteiger partial charge in [0, 0.05) is 6.54 Å². The van der Waals surface area contributed by atoms with Gasteiger partial charge in [-0.1, -0.05) is 41.7 Å². The molecule has 7 heteroatoms. The highest BCUT2D eigenvalue weighted by molar-refractivity contribution is 7.19. The van der Waals surface area contributed by atoms with E-state index < -0.39 is 0 Å². The average molecular weight is 368 g/mol. The molecule has 0 aliphatic heterocycles. The van der Waals surface area contributed by atoms with E-state index in [1.54, 1.807) is 0 Å². The summed E-state index contributed by atoms with van der Waals surface area (Å²) in [6.45, 7) is 3.31. The summed E-state index contributed by atoms with van der Waals surface area (Å²) in [4.78, 5) is 12.9. The highest BCUT2D eigenvalue weighted by atomic mass is 32.1. The molecule has 3 aromatic rings. The fraction of sp³-hybridized carbons (Fsp3) is 0.316. The lowest BCUT2D eigenvalue weighted by molar-refractivity contribution is 0.102. The van der Waals surface area contributed by atoms with Crippen LogP contribution in [0.25, 0.3) is 10.8 Å². The molecule has 1 heterocycles. The fourth-order valence-electron chi connectivity index (χ4n) is 2.82. The van der Waals surface area contributed by atoms with Gasteiger partial charge in [0.1, 0.15) is 5.75 Å². The molecule has 26 heavy (non-hydrogen) atoms. The van der Waals surface area contributed by atoms with E-state index in [1.165, 1.54) is 24.2 Å². The lowest BCUT2D eigenvalue weighted by Gasteiger charge is -2.12. The van der Waals surface area contributed by atoms with Crippen LogP contribution in [0.1, 0.15) is 30.1 Å². The Bertz CT molecular complexity index is 936. The summed E-state index contributed by atoms with van der Waals surface area (Å²) in [7, 11) is 0. The number of rotatable bonds is 7. The molecule has 0 atom stereocenters. The van der Waals surface area contributed by atoms with Gasteiger partial charge in [-0.05, 0) is 42.5 Å². The van der Waals surface area contributed by atoms with Crippen molar-refractivity contribution in [2.45, 2.75) is 19.8 Å². The van der Waals surface area contributed by atoms with Gasteiger partial charge in [0.05, 0.1) is 12.2 Å². The molecular formula is C19H20N4O2S. The Morgan fingerprint density at radius 1 is 1.19 bits per heavy atom. The number of anilines is 2. The number of benzene rings is 2. The van der Waals surface area contributed by atoms with E-state index in [1.807, 2.05) is 43.3 Å². The summed E-state index contributed by atoms with van der Waals surface area (Å²) in [6, 6.07) is 11.6. The van der Waals surface area contributed by atoms with Crippen LogP contribution < -0.4 is 15.4 Å². The van der Waals surface area contributed by atoms with Crippen molar-refractivity contribution >= 4 is 38.3 Å². The standard InChI is InChI=1S/C19H20N4O2S/c1-2-25-15-10-9-13-5-3-4-6-14(13)16(15)17(24)21-19-23-22-18(26-19)20-11-12-7-8-12/h3-6,9-10,12H,2,7-8,11H2,1H3,(H,20,22)(H,21,23,24). The summed E-state index contributed by atoms with van der Waals surface area (Å²) >= 11 is 1.34. The first-order valence-corrected chi connectivity index (χ1v) is 9.59. The van der Waals surface area contributed by atoms with Gasteiger partial charge in [-0.15, -0.1) is 10.2 Å². The number of amides is 1. The molecule has 0 spiro atoms. The average Bonchev–Trinajstić information content (AvgIpc) is 3.38. The predicted octanol–water partition coefficient (Wildman–Crippen LogP) is 4.16. The van der Waals surface area contributed by atoms with E-state index in [2.05, 4.69) is 20.8 Å². The second-order valence-corrected chi connectivity index (χ2v) is 7.26. The normalized spacial score (nSPS) is 13.6. The van der Waals surface area contributed by atoms with E-state index >= 15 is 0 Å². The molecule has 134 valence electrons. The first-order chi connectivity index (χ1) is 12.7. The maximum Gasteiger partial charge on any atom is 0.261 e. The van der Waals surface area contributed by atoms with Crippen LogP contribution in [0.2, 0.25) is 0 Å². The molecule has 2 aromatic carbocycles.